The van der Waals surface area contributed by atoms with Crippen LogP contribution in [0.4, 0.5) is 0 Å². The van der Waals surface area contributed by atoms with Gasteiger partial charge in [-0.3, -0.25) is 4.79 Å². The Hall–Kier alpha value is -4.25. The Morgan fingerprint density at radius 2 is 1.77 bits per heavy atom. The van der Waals surface area contributed by atoms with E-state index >= 15 is 0 Å². The quantitative estimate of drug-likeness (QED) is 0.329. The molecule has 0 saturated carbocycles. The first-order valence-electron chi connectivity index (χ1n) is 9.63. The van der Waals surface area contributed by atoms with Crippen molar-refractivity contribution in [3.05, 3.63) is 102 Å². The number of hydrazone groups is 1. The van der Waals surface area contributed by atoms with Crippen LogP contribution in [0.15, 0.2) is 96.4 Å². The molecule has 2 heterocycles. The van der Waals surface area contributed by atoms with Crippen LogP contribution in [-0.4, -0.2) is 22.1 Å². The minimum Gasteiger partial charge on any atom is -0.346 e. The highest BCUT2D eigenvalue weighted by molar-refractivity contribution is 5.99. The molecule has 0 radical (unpaired) electrons. The van der Waals surface area contributed by atoms with Gasteiger partial charge in [-0.25, -0.2) is 10.4 Å². The van der Waals surface area contributed by atoms with Crippen molar-refractivity contribution in [2.24, 2.45) is 5.10 Å². The molecule has 0 aliphatic rings. The van der Waals surface area contributed by atoms with Crippen LogP contribution in [0.1, 0.15) is 15.9 Å². The maximum Gasteiger partial charge on any atom is 0.271 e. The van der Waals surface area contributed by atoms with E-state index in [2.05, 4.69) is 20.5 Å². The number of amides is 1. The van der Waals surface area contributed by atoms with Gasteiger partial charge in [0.2, 0.25) is 0 Å². The van der Waals surface area contributed by atoms with E-state index in [9.17, 15) is 4.79 Å². The van der Waals surface area contributed by atoms with Crippen LogP contribution in [0.5, 0.6) is 0 Å². The number of aromatic nitrogens is 2. The number of hydrogen-bond donors (Lipinski definition) is 2. The van der Waals surface area contributed by atoms with Crippen molar-refractivity contribution in [3.8, 4) is 11.1 Å². The molecule has 5 nitrogen and oxygen atoms in total. The fourth-order valence-electron chi connectivity index (χ4n) is 3.52. The van der Waals surface area contributed by atoms with Crippen LogP contribution in [-0.2, 0) is 0 Å². The number of pyridine rings is 1. The predicted octanol–water partition coefficient (Wildman–Crippen LogP) is 5.15. The van der Waals surface area contributed by atoms with Gasteiger partial charge in [-0.1, -0.05) is 54.6 Å². The van der Waals surface area contributed by atoms with Crippen molar-refractivity contribution >= 4 is 33.9 Å². The maximum atomic E-state index is 12.4. The van der Waals surface area contributed by atoms with E-state index in [0.717, 1.165) is 38.5 Å². The fraction of sp³-hybridized carbons (Fsp3) is 0. The molecular weight excluding hydrogens is 372 g/mol. The molecular formula is C25H18N4O. The number of fused-ring (bicyclic) bond motifs is 2. The van der Waals surface area contributed by atoms with E-state index < -0.39 is 0 Å². The number of aromatic amines is 1. The van der Waals surface area contributed by atoms with Gasteiger partial charge in [-0.05, 0) is 51.7 Å². The number of benzene rings is 3. The number of hydrogen-bond acceptors (Lipinski definition) is 3. The van der Waals surface area contributed by atoms with E-state index in [1.165, 1.54) is 0 Å². The van der Waals surface area contributed by atoms with Crippen molar-refractivity contribution < 1.29 is 4.79 Å². The Balaban J connectivity index is 1.29. The van der Waals surface area contributed by atoms with Crippen molar-refractivity contribution in [1.29, 1.82) is 0 Å². The molecule has 5 heteroatoms. The summed E-state index contributed by atoms with van der Waals surface area (Å²) in [7, 11) is 0. The summed E-state index contributed by atoms with van der Waals surface area (Å²) in [6.07, 6.45) is 5.33. The molecule has 0 bridgehead atoms. The molecule has 0 aliphatic carbocycles. The minimum absolute atomic E-state index is 0.236. The summed E-state index contributed by atoms with van der Waals surface area (Å²) in [4.78, 5) is 19.8. The Morgan fingerprint density at radius 3 is 2.63 bits per heavy atom. The standard InChI is InChI=1S/C25H18N4O/c30-25(21-10-9-18-3-1-2-4-20(18)15-21)29-28-16-17-5-7-19(8-6-17)22-11-13-26-24-23(22)12-14-27-24/h1-16H,(H,26,27)(H,29,30)/b28-16+. The molecule has 0 atom stereocenters. The third-order valence-electron chi connectivity index (χ3n) is 5.07. The highest BCUT2D eigenvalue weighted by Crippen LogP contribution is 2.26. The monoisotopic (exact) mass is 390 g/mol. The van der Waals surface area contributed by atoms with Crippen molar-refractivity contribution in [2.75, 3.05) is 0 Å². The number of nitrogens with one attached hydrogen (secondary N) is 2. The summed E-state index contributed by atoms with van der Waals surface area (Å²) in [5.74, 6) is -0.236. The van der Waals surface area contributed by atoms with Crippen LogP contribution in [0.3, 0.4) is 0 Å². The summed E-state index contributed by atoms with van der Waals surface area (Å²) in [5, 5.41) is 7.31. The normalized spacial score (nSPS) is 11.3. The zero-order chi connectivity index (χ0) is 20.3. The van der Waals surface area contributed by atoms with Gasteiger partial charge >= 0.3 is 0 Å². The van der Waals surface area contributed by atoms with Crippen molar-refractivity contribution in [1.82, 2.24) is 15.4 Å². The number of carbonyl (C=O) groups is 1. The zero-order valence-electron chi connectivity index (χ0n) is 16.0. The van der Waals surface area contributed by atoms with Crippen LogP contribution in [0, 0.1) is 0 Å². The van der Waals surface area contributed by atoms with Gasteiger partial charge in [-0.15, -0.1) is 0 Å². The lowest BCUT2D eigenvalue weighted by Gasteiger charge is -2.04. The van der Waals surface area contributed by atoms with Gasteiger partial charge in [0.05, 0.1) is 6.21 Å². The third-order valence-corrected chi connectivity index (χ3v) is 5.07. The zero-order valence-corrected chi connectivity index (χ0v) is 16.0. The topological polar surface area (TPSA) is 70.1 Å². The van der Waals surface area contributed by atoms with Gasteiger partial charge in [0.1, 0.15) is 5.65 Å². The Bertz CT molecular complexity index is 1380. The molecule has 0 aliphatic heterocycles. The van der Waals surface area contributed by atoms with Crippen molar-refractivity contribution in [2.45, 2.75) is 0 Å². The second-order valence-corrected chi connectivity index (χ2v) is 6.98. The van der Waals surface area contributed by atoms with E-state index in [1.807, 2.05) is 79.0 Å². The highest BCUT2D eigenvalue weighted by Gasteiger charge is 2.06. The van der Waals surface area contributed by atoms with E-state index in [1.54, 1.807) is 18.5 Å². The number of carbonyl (C=O) groups excluding carboxylic acids is 1. The molecule has 144 valence electrons. The third kappa shape index (κ3) is 3.44. The molecule has 2 N–H and O–H groups in total. The molecule has 0 fully saturated rings. The van der Waals surface area contributed by atoms with Gasteiger partial charge in [-0.2, -0.15) is 5.10 Å². The minimum atomic E-state index is -0.236. The van der Waals surface area contributed by atoms with Gasteiger partial charge in [0, 0.05) is 23.3 Å². The molecule has 0 saturated heterocycles. The first kappa shape index (κ1) is 17.8. The number of nitrogens with zero attached hydrogens (tertiary/aromatic N) is 2. The summed E-state index contributed by atoms with van der Waals surface area (Å²) < 4.78 is 0. The molecule has 1 amide bonds. The lowest BCUT2D eigenvalue weighted by Crippen LogP contribution is -2.17. The summed E-state index contributed by atoms with van der Waals surface area (Å²) in [5.41, 5.74) is 7.16. The number of rotatable bonds is 4. The van der Waals surface area contributed by atoms with Gasteiger partial charge in [0.15, 0.2) is 0 Å². The van der Waals surface area contributed by atoms with Crippen LogP contribution in [0.25, 0.3) is 32.9 Å². The largest absolute Gasteiger partial charge is 0.346 e. The van der Waals surface area contributed by atoms with E-state index in [0.29, 0.717) is 5.56 Å². The smallest absolute Gasteiger partial charge is 0.271 e. The fourth-order valence-corrected chi connectivity index (χ4v) is 3.52. The van der Waals surface area contributed by atoms with E-state index in [4.69, 9.17) is 0 Å². The Labute approximate surface area is 173 Å². The Morgan fingerprint density at radius 1 is 0.933 bits per heavy atom. The molecule has 3 aromatic carbocycles. The molecule has 5 rings (SSSR count). The first-order chi connectivity index (χ1) is 14.8. The van der Waals surface area contributed by atoms with Gasteiger partial charge in [0.25, 0.3) is 5.91 Å². The predicted molar refractivity (Wildman–Crippen MR) is 121 cm³/mol. The van der Waals surface area contributed by atoms with Crippen LogP contribution in [0.2, 0.25) is 0 Å². The SMILES string of the molecule is O=C(N/N=C/c1ccc(-c2ccnc3[nH]ccc23)cc1)c1ccc2ccccc2c1. The summed E-state index contributed by atoms with van der Waals surface area (Å²) in [6.45, 7) is 0. The van der Waals surface area contributed by atoms with Crippen LogP contribution < -0.4 is 5.43 Å². The number of H-pyrrole nitrogens is 1. The molecule has 30 heavy (non-hydrogen) atoms. The summed E-state index contributed by atoms with van der Waals surface area (Å²) in [6, 6.07) is 25.6. The molecule has 0 spiro atoms. The average Bonchev–Trinajstić information content (AvgIpc) is 3.28. The summed E-state index contributed by atoms with van der Waals surface area (Å²) >= 11 is 0. The van der Waals surface area contributed by atoms with E-state index in [-0.39, 0.29) is 5.91 Å². The first-order valence-corrected chi connectivity index (χ1v) is 9.63. The average molecular weight is 390 g/mol. The Kier molecular flexibility index (Phi) is 4.54. The van der Waals surface area contributed by atoms with Gasteiger partial charge < -0.3 is 4.98 Å². The van der Waals surface area contributed by atoms with Crippen LogP contribution >= 0.6 is 0 Å². The lowest BCUT2D eigenvalue weighted by molar-refractivity contribution is 0.0955. The lowest BCUT2D eigenvalue weighted by atomic mass is 10.0. The molecule has 2 aromatic heterocycles. The van der Waals surface area contributed by atoms with Crippen molar-refractivity contribution in [3.63, 3.8) is 0 Å². The second-order valence-electron chi connectivity index (χ2n) is 6.98. The maximum absolute atomic E-state index is 12.4. The highest BCUT2D eigenvalue weighted by atomic mass is 16.2. The molecule has 0 unspecified atom stereocenters. The second kappa shape index (κ2) is 7.64. The molecule has 5 aromatic rings.